The Kier molecular flexibility index (Phi) is 6.25. The van der Waals surface area contributed by atoms with E-state index in [1.165, 1.54) is 12.4 Å². The molecule has 1 saturated heterocycles. The van der Waals surface area contributed by atoms with Crippen LogP contribution < -0.4 is 0 Å². The monoisotopic (exact) mass is 546 g/mol. The van der Waals surface area contributed by atoms with Crippen LogP contribution >= 0.6 is 0 Å². The van der Waals surface area contributed by atoms with Gasteiger partial charge in [-0.25, -0.2) is 33.5 Å². The number of rotatable bonds is 8. The van der Waals surface area contributed by atoms with E-state index in [0.717, 1.165) is 56.2 Å². The van der Waals surface area contributed by atoms with Gasteiger partial charge in [-0.1, -0.05) is 0 Å². The quantitative estimate of drug-likeness (QED) is 0.315. The number of benzene rings is 1. The first-order valence-electron chi connectivity index (χ1n) is 13.8. The summed E-state index contributed by atoms with van der Waals surface area (Å²) in [7, 11) is 0. The predicted molar refractivity (Wildman–Crippen MR) is 139 cm³/mol. The van der Waals surface area contributed by atoms with Crippen molar-refractivity contribution in [3.63, 3.8) is 0 Å². The molecule has 0 radical (unpaired) electrons. The molecule has 2 unspecified atom stereocenters. The van der Waals surface area contributed by atoms with Crippen molar-refractivity contribution in [1.29, 1.82) is 0 Å². The summed E-state index contributed by atoms with van der Waals surface area (Å²) in [4.78, 5) is 29.6. The summed E-state index contributed by atoms with van der Waals surface area (Å²) in [5, 5.41) is 14.6. The van der Waals surface area contributed by atoms with Crippen molar-refractivity contribution in [3.8, 4) is 11.3 Å². The number of halogens is 2. The third-order valence-electron chi connectivity index (χ3n) is 8.43. The van der Waals surface area contributed by atoms with Crippen molar-refractivity contribution in [2.75, 3.05) is 6.61 Å². The Morgan fingerprint density at radius 3 is 2.70 bits per heavy atom. The number of nitrogens with zero attached hydrogens (tertiary/aromatic N) is 6. The third kappa shape index (κ3) is 4.83. The van der Waals surface area contributed by atoms with Crippen LogP contribution in [0.5, 0.6) is 0 Å². The first-order valence-corrected chi connectivity index (χ1v) is 13.8. The minimum atomic E-state index is -1.19. The van der Waals surface area contributed by atoms with E-state index >= 15 is 0 Å². The summed E-state index contributed by atoms with van der Waals surface area (Å²) < 4.78 is 36.5. The van der Waals surface area contributed by atoms with E-state index in [-0.39, 0.29) is 40.1 Å². The van der Waals surface area contributed by atoms with E-state index in [1.807, 2.05) is 10.9 Å². The van der Waals surface area contributed by atoms with Crippen LogP contribution in [0.25, 0.3) is 22.4 Å². The van der Waals surface area contributed by atoms with Gasteiger partial charge in [0.25, 0.3) is 0 Å². The zero-order chi connectivity index (χ0) is 27.4. The molecule has 1 aromatic carbocycles. The van der Waals surface area contributed by atoms with E-state index in [1.54, 1.807) is 0 Å². The highest BCUT2D eigenvalue weighted by molar-refractivity contribution is 5.92. The maximum absolute atomic E-state index is 14.7. The molecule has 40 heavy (non-hydrogen) atoms. The van der Waals surface area contributed by atoms with Gasteiger partial charge in [-0.15, -0.1) is 0 Å². The minimum absolute atomic E-state index is 0.0458. The molecule has 0 bridgehead atoms. The molecule has 2 aliphatic carbocycles. The molecule has 3 aromatic heterocycles. The van der Waals surface area contributed by atoms with E-state index in [9.17, 15) is 18.7 Å². The second-order valence-corrected chi connectivity index (χ2v) is 11.2. The van der Waals surface area contributed by atoms with Gasteiger partial charge >= 0.3 is 5.97 Å². The zero-order valence-electron chi connectivity index (χ0n) is 21.7. The summed E-state index contributed by atoms with van der Waals surface area (Å²) in [5.74, 6) is -1.70. The second kappa shape index (κ2) is 9.96. The van der Waals surface area contributed by atoms with Gasteiger partial charge in [0, 0.05) is 30.0 Å². The molecule has 11 heteroatoms. The summed E-state index contributed by atoms with van der Waals surface area (Å²) in [5.41, 5.74) is 1.71. The van der Waals surface area contributed by atoms with Gasteiger partial charge in [0.2, 0.25) is 0 Å². The van der Waals surface area contributed by atoms with Crippen LogP contribution in [-0.2, 0) is 11.2 Å². The normalized spacial score (nSPS) is 21.9. The van der Waals surface area contributed by atoms with Gasteiger partial charge in [-0.3, -0.25) is 4.68 Å². The fraction of sp³-hybridized carbons (Fsp3) is 0.448. The van der Waals surface area contributed by atoms with Crippen LogP contribution in [0, 0.1) is 29.4 Å². The summed E-state index contributed by atoms with van der Waals surface area (Å²) >= 11 is 0. The van der Waals surface area contributed by atoms with E-state index < -0.39 is 17.6 Å². The Balaban J connectivity index is 1.22. The number of fused-ring (bicyclic) bond motifs is 1. The summed E-state index contributed by atoms with van der Waals surface area (Å²) in [6, 6.07) is 3.72. The standard InChI is InChI=1S/C29H28F2N6O3/c30-18-3-6-20(22(31)10-18)25-27-28(33-14-32-25)36-26(29(38)39)23(35-27)11-21(15-1-2-15)16-7-8-40-24(9-16)17-12-34-37(13-17)19-4-5-19/h3,6,10,12-16,19,21,24H,1-2,4-5,7-9,11H2,(H,38,39)/t16?,21?,24-/m1/s1. The first kappa shape index (κ1) is 25.1. The maximum atomic E-state index is 14.7. The Labute approximate surface area is 228 Å². The van der Waals surface area contributed by atoms with Crippen molar-refractivity contribution < 1.29 is 23.4 Å². The van der Waals surface area contributed by atoms with Gasteiger partial charge in [0.05, 0.1) is 24.0 Å². The van der Waals surface area contributed by atoms with Crippen LogP contribution in [-0.4, -0.2) is 47.4 Å². The fourth-order valence-electron chi connectivity index (χ4n) is 6.07. The van der Waals surface area contributed by atoms with Crippen LogP contribution in [0.15, 0.2) is 36.9 Å². The average Bonchev–Trinajstić information content (AvgIpc) is 3.90. The summed E-state index contributed by atoms with van der Waals surface area (Å²) in [6.07, 6.45) is 11.8. The number of ether oxygens (including phenoxy) is 1. The van der Waals surface area contributed by atoms with E-state index in [2.05, 4.69) is 26.2 Å². The lowest BCUT2D eigenvalue weighted by atomic mass is 9.77. The molecule has 1 N–H and O–H groups in total. The van der Waals surface area contributed by atoms with Gasteiger partial charge < -0.3 is 9.84 Å². The molecule has 206 valence electrons. The molecule has 4 aromatic rings. The number of hydrogen-bond acceptors (Lipinski definition) is 7. The third-order valence-corrected chi connectivity index (χ3v) is 8.43. The average molecular weight is 547 g/mol. The number of carbonyl (C=O) groups is 1. The van der Waals surface area contributed by atoms with Crippen LogP contribution in [0.4, 0.5) is 8.78 Å². The van der Waals surface area contributed by atoms with E-state index in [0.29, 0.717) is 36.6 Å². The fourth-order valence-corrected chi connectivity index (χ4v) is 6.07. The number of carboxylic acids is 1. The van der Waals surface area contributed by atoms with Gasteiger partial charge in [0.1, 0.15) is 29.2 Å². The lowest BCUT2D eigenvalue weighted by Crippen LogP contribution is -2.29. The Morgan fingerprint density at radius 1 is 1.10 bits per heavy atom. The second-order valence-electron chi connectivity index (χ2n) is 11.2. The molecular formula is C29H28F2N6O3. The molecule has 1 aliphatic heterocycles. The van der Waals surface area contributed by atoms with Crippen molar-refractivity contribution in [2.45, 2.75) is 57.1 Å². The Hall–Kier alpha value is -3.86. The maximum Gasteiger partial charge on any atom is 0.356 e. The minimum Gasteiger partial charge on any atom is -0.476 e. The molecule has 3 aliphatic rings. The topological polar surface area (TPSA) is 116 Å². The largest absolute Gasteiger partial charge is 0.476 e. The molecule has 7 rings (SSSR count). The van der Waals surface area contributed by atoms with Crippen molar-refractivity contribution in [1.82, 2.24) is 29.7 Å². The van der Waals surface area contributed by atoms with Crippen LogP contribution in [0.1, 0.15) is 72.4 Å². The molecule has 4 heterocycles. The van der Waals surface area contributed by atoms with Gasteiger partial charge in [-0.05, 0) is 74.8 Å². The van der Waals surface area contributed by atoms with Gasteiger partial charge in [0.15, 0.2) is 11.3 Å². The Morgan fingerprint density at radius 2 is 1.95 bits per heavy atom. The van der Waals surface area contributed by atoms with E-state index in [4.69, 9.17) is 9.72 Å². The number of carboxylic acid groups (broad SMARTS) is 1. The van der Waals surface area contributed by atoms with Crippen LogP contribution in [0.2, 0.25) is 0 Å². The molecular weight excluding hydrogens is 518 g/mol. The molecule has 0 spiro atoms. The van der Waals surface area contributed by atoms with Crippen LogP contribution in [0.3, 0.4) is 0 Å². The van der Waals surface area contributed by atoms with Gasteiger partial charge in [-0.2, -0.15) is 5.10 Å². The smallest absolute Gasteiger partial charge is 0.356 e. The number of aromatic carboxylic acids is 1. The molecule has 9 nitrogen and oxygen atoms in total. The first-order chi connectivity index (χ1) is 19.4. The highest BCUT2D eigenvalue weighted by Crippen LogP contribution is 2.48. The number of hydrogen-bond donors (Lipinski definition) is 1. The molecule has 3 atom stereocenters. The summed E-state index contributed by atoms with van der Waals surface area (Å²) in [6.45, 7) is 0.629. The highest BCUT2D eigenvalue weighted by Gasteiger charge is 2.40. The molecule has 0 amide bonds. The van der Waals surface area contributed by atoms with Crippen molar-refractivity contribution >= 4 is 17.1 Å². The SMILES string of the molecule is O=C(O)c1nc2ncnc(-c3ccc(F)cc3F)c2nc1CC(C1CC1)C1CCO[C@@H](c2cnn(C3CC3)c2)C1. The number of aromatic nitrogens is 6. The molecule has 2 saturated carbocycles. The predicted octanol–water partition coefficient (Wildman–Crippen LogP) is 5.33. The molecule has 3 fully saturated rings. The highest BCUT2D eigenvalue weighted by atomic mass is 19.1. The Bertz CT molecular complexity index is 1600. The van der Waals surface area contributed by atoms with Crippen molar-refractivity contribution in [3.05, 3.63) is 65.5 Å². The zero-order valence-corrected chi connectivity index (χ0v) is 21.7. The van der Waals surface area contributed by atoms with Crippen molar-refractivity contribution in [2.24, 2.45) is 17.8 Å². The lowest BCUT2D eigenvalue weighted by molar-refractivity contribution is -0.0270. The lowest BCUT2D eigenvalue weighted by Gasteiger charge is -2.35.